The smallest absolute Gasteiger partial charge is 0.391 e. The molecule has 0 saturated carbocycles. The van der Waals surface area contributed by atoms with E-state index < -0.39 is 70.1 Å². The molecule has 0 radical (unpaired) electrons. The molecular weight excluding hydrogens is 970 g/mol. The topological polar surface area (TPSA) is 197 Å². The molecule has 0 aliphatic carbocycles. The van der Waals surface area contributed by atoms with E-state index in [0.717, 1.165) is 50.7 Å². The Morgan fingerprint density at radius 2 is 1.64 bits per heavy atom. The van der Waals surface area contributed by atoms with Gasteiger partial charge in [0, 0.05) is 44.8 Å². The third-order valence-electron chi connectivity index (χ3n) is 12.7. The fourth-order valence-corrected chi connectivity index (χ4v) is 10.0. The van der Waals surface area contributed by atoms with Gasteiger partial charge in [-0.3, -0.25) is 28.9 Å². The fourth-order valence-electron chi connectivity index (χ4n) is 8.69. The van der Waals surface area contributed by atoms with E-state index in [9.17, 15) is 47.5 Å². The lowest BCUT2D eigenvalue weighted by Crippen LogP contribution is -2.58. The van der Waals surface area contributed by atoms with Crippen molar-refractivity contribution in [2.45, 2.75) is 123 Å². The van der Waals surface area contributed by atoms with E-state index in [2.05, 4.69) is 20.9 Å². The van der Waals surface area contributed by atoms with E-state index in [1.165, 1.54) is 11.0 Å². The molecule has 2 fully saturated rings. The Hall–Kier alpha value is -6.27. The van der Waals surface area contributed by atoms with Gasteiger partial charge in [0.2, 0.25) is 23.6 Å². The predicted molar refractivity (Wildman–Crippen MR) is 272 cm³/mol. The summed E-state index contributed by atoms with van der Waals surface area (Å²) in [7, 11) is 0. The maximum atomic E-state index is 14.0. The number of carbonyl (C=O) groups is 5. The third-order valence-corrected chi connectivity index (χ3v) is 14.0. The van der Waals surface area contributed by atoms with Crippen molar-refractivity contribution >= 4 is 69.6 Å². The molecule has 4 N–H and O–H groups in total. The molecule has 20 heteroatoms. The molecule has 1 aromatic heterocycles. The Balaban J connectivity index is 0.866. The zero-order valence-corrected chi connectivity index (χ0v) is 42.9. The Bertz CT molecular complexity index is 2660. The number of aromatic nitrogens is 1. The number of thiazole rings is 1. The van der Waals surface area contributed by atoms with Crippen molar-refractivity contribution in [3.05, 3.63) is 100 Å². The summed E-state index contributed by atoms with van der Waals surface area (Å²) in [6.45, 7) is 11.3. The molecule has 3 heterocycles. The van der Waals surface area contributed by atoms with Gasteiger partial charge in [0.05, 0.1) is 45.1 Å². The number of anilines is 2. The second-order valence-corrected chi connectivity index (χ2v) is 20.8. The first-order valence-electron chi connectivity index (χ1n) is 23.8. The standard InChI is InChI=1S/C52H61F3N8O7S2/c1-32-44(72-31-59-32)35-17-13-34(14-18-35)28-58-46(67)41-26-39(64)29-61(41)47(68)45(50(2,3)4)60-43(66)30-70-24-9-7-8-23-57-42(65)12-10-11-33-15-20-37(21-16-33)63-49(71)62(48(69)51(63,5)6)38-22-19-36(27-56)40(25-38)52(53,54)55/h13-22,25,31,39,41,45,64H,7-12,23-24,26,28-30H2,1-6H3,(H,57,65)(H,58,67)(H,60,66)/t39-,41+,45?/m1/s1. The van der Waals surface area contributed by atoms with Gasteiger partial charge in [0.1, 0.15) is 24.2 Å². The number of rotatable bonds is 20. The van der Waals surface area contributed by atoms with Crippen molar-refractivity contribution < 1.29 is 47.0 Å². The molecule has 15 nitrogen and oxygen atoms in total. The first-order chi connectivity index (χ1) is 34.0. The fraction of sp³-hybridized carbons (Fsp3) is 0.462. The Morgan fingerprint density at radius 3 is 2.28 bits per heavy atom. The summed E-state index contributed by atoms with van der Waals surface area (Å²) in [5.74, 6) is -1.96. The number of aliphatic hydroxyl groups is 1. The number of aryl methyl sites for hydroxylation is 2. The number of nitrogens with zero attached hydrogens (tertiary/aromatic N) is 5. The van der Waals surface area contributed by atoms with Crippen LogP contribution >= 0.6 is 23.6 Å². The molecule has 3 atom stereocenters. The van der Waals surface area contributed by atoms with Crippen molar-refractivity contribution in [2.75, 3.05) is 36.1 Å². The number of thiocarbonyl (C=S) groups is 1. The van der Waals surface area contributed by atoms with Crippen LogP contribution in [0.4, 0.5) is 24.5 Å². The number of aliphatic hydroxyl groups excluding tert-OH is 1. The van der Waals surface area contributed by atoms with E-state index in [1.807, 2.05) is 64.1 Å². The van der Waals surface area contributed by atoms with Gasteiger partial charge in [-0.15, -0.1) is 11.3 Å². The maximum Gasteiger partial charge on any atom is 0.417 e. The molecule has 6 rings (SSSR count). The van der Waals surface area contributed by atoms with Gasteiger partial charge in [-0.2, -0.15) is 18.4 Å². The largest absolute Gasteiger partial charge is 0.417 e. The number of nitriles is 1. The van der Waals surface area contributed by atoms with Crippen LogP contribution in [0.15, 0.2) is 72.2 Å². The van der Waals surface area contributed by atoms with E-state index >= 15 is 0 Å². The zero-order chi connectivity index (χ0) is 52.5. The van der Waals surface area contributed by atoms with Crippen LogP contribution in [-0.4, -0.2) is 99.7 Å². The normalized spacial score (nSPS) is 17.2. The summed E-state index contributed by atoms with van der Waals surface area (Å²) in [4.78, 5) is 75.9. The molecule has 2 aliphatic heterocycles. The predicted octanol–water partition coefficient (Wildman–Crippen LogP) is 7.36. The van der Waals surface area contributed by atoms with Gasteiger partial charge in [0.15, 0.2) is 5.11 Å². The number of unbranched alkanes of at least 4 members (excludes halogenated alkanes) is 2. The van der Waals surface area contributed by atoms with E-state index in [-0.39, 0.29) is 49.4 Å². The quantitative estimate of drug-likeness (QED) is 0.0510. The molecule has 0 spiro atoms. The van der Waals surface area contributed by atoms with Crippen molar-refractivity contribution in [1.29, 1.82) is 5.26 Å². The molecule has 1 unspecified atom stereocenters. The van der Waals surface area contributed by atoms with Gasteiger partial charge in [-0.1, -0.05) is 57.2 Å². The first kappa shape index (κ1) is 55.1. The minimum atomic E-state index is -4.81. The van der Waals surface area contributed by atoms with Crippen molar-refractivity contribution in [2.24, 2.45) is 5.41 Å². The van der Waals surface area contributed by atoms with Gasteiger partial charge in [-0.05, 0) is 118 Å². The van der Waals surface area contributed by atoms with E-state index in [1.54, 1.807) is 53.8 Å². The number of carbonyl (C=O) groups excluding carboxylic acids is 5. The summed E-state index contributed by atoms with van der Waals surface area (Å²) in [6.07, 6.45) is -2.09. The van der Waals surface area contributed by atoms with Gasteiger partial charge in [0.25, 0.3) is 5.91 Å². The van der Waals surface area contributed by atoms with Gasteiger partial charge in [-0.25, -0.2) is 4.98 Å². The van der Waals surface area contributed by atoms with Crippen molar-refractivity contribution in [3.63, 3.8) is 0 Å². The lowest BCUT2D eigenvalue weighted by atomic mass is 9.85. The van der Waals surface area contributed by atoms with Gasteiger partial charge < -0.3 is 35.6 Å². The second-order valence-electron chi connectivity index (χ2n) is 19.6. The molecule has 0 bridgehead atoms. The van der Waals surface area contributed by atoms with Crippen LogP contribution in [0.1, 0.15) is 101 Å². The van der Waals surface area contributed by atoms with Crippen LogP contribution in [0.3, 0.4) is 0 Å². The third kappa shape index (κ3) is 13.4. The number of nitrogens with one attached hydrogen (secondary N) is 3. The number of likely N-dealkylation sites (tertiary alicyclic amines) is 1. The number of hydrogen-bond acceptors (Lipinski definition) is 11. The molecule has 2 aliphatic rings. The monoisotopic (exact) mass is 1030 g/mol. The van der Waals surface area contributed by atoms with Crippen LogP contribution < -0.4 is 25.8 Å². The number of ether oxygens (including phenoxy) is 1. The summed E-state index contributed by atoms with van der Waals surface area (Å²) in [5.41, 5.74) is 2.41. The summed E-state index contributed by atoms with van der Waals surface area (Å²) >= 11 is 7.19. The number of β-amino-alcohol motifs (C(OH)–C–C–N with tert-alkyl or cyclic N) is 1. The minimum absolute atomic E-state index is 0.000733. The maximum absolute atomic E-state index is 14.0. The highest BCUT2D eigenvalue weighted by atomic mass is 32.1. The van der Waals surface area contributed by atoms with Crippen molar-refractivity contribution in [3.8, 4) is 16.5 Å². The first-order valence-corrected chi connectivity index (χ1v) is 25.1. The molecule has 72 heavy (non-hydrogen) atoms. The van der Waals surface area contributed by atoms with Crippen LogP contribution in [0.5, 0.6) is 0 Å². The highest BCUT2D eigenvalue weighted by Crippen LogP contribution is 2.40. The van der Waals surface area contributed by atoms with Crippen LogP contribution in [0, 0.1) is 23.7 Å². The average Bonchev–Trinajstić information content (AvgIpc) is 3.99. The summed E-state index contributed by atoms with van der Waals surface area (Å²) in [5, 5.41) is 28.4. The molecule has 3 aromatic carbocycles. The average molecular weight is 1030 g/mol. The van der Waals surface area contributed by atoms with Crippen LogP contribution in [0.2, 0.25) is 0 Å². The molecular formula is C52H61F3N8O7S2. The number of benzene rings is 3. The lowest BCUT2D eigenvalue weighted by Gasteiger charge is -2.35. The van der Waals surface area contributed by atoms with E-state index in [4.69, 9.17) is 17.0 Å². The second kappa shape index (κ2) is 23.5. The summed E-state index contributed by atoms with van der Waals surface area (Å²) in [6, 6.07) is 17.8. The minimum Gasteiger partial charge on any atom is -0.391 e. The number of amides is 5. The summed E-state index contributed by atoms with van der Waals surface area (Å²) < 4.78 is 46.8. The Morgan fingerprint density at radius 1 is 0.958 bits per heavy atom. The zero-order valence-electron chi connectivity index (χ0n) is 41.2. The Labute approximate surface area is 427 Å². The highest BCUT2D eigenvalue weighted by Gasteiger charge is 2.51. The number of alkyl halides is 3. The molecule has 2 saturated heterocycles. The van der Waals surface area contributed by atoms with Crippen LogP contribution in [0.25, 0.3) is 10.4 Å². The van der Waals surface area contributed by atoms with E-state index in [0.29, 0.717) is 44.3 Å². The van der Waals surface area contributed by atoms with Crippen molar-refractivity contribution in [1.82, 2.24) is 25.8 Å². The number of halogens is 3. The lowest BCUT2D eigenvalue weighted by molar-refractivity contribution is -0.144. The number of hydrogen-bond donors (Lipinski definition) is 4. The van der Waals surface area contributed by atoms with Gasteiger partial charge >= 0.3 is 6.18 Å². The molecule has 4 aromatic rings. The highest BCUT2D eigenvalue weighted by molar-refractivity contribution is 7.81. The molecule has 384 valence electrons. The van der Waals surface area contributed by atoms with Crippen LogP contribution in [-0.2, 0) is 47.9 Å². The molecule has 5 amide bonds. The Kier molecular flexibility index (Phi) is 18.0. The SMILES string of the molecule is Cc1ncsc1-c1ccc(CNC(=O)[C@@H]2C[C@@H](O)CN2C(=O)C(NC(=O)COCCCCCNC(=O)CCCc2ccc(N3C(=S)N(c4ccc(C#N)c(C(F)(F)F)c4)C(=O)C3(C)C)cc2)C(C)(C)C)cc1.